The molecule has 20 heavy (non-hydrogen) atoms. The molecule has 3 atom stereocenters. The Kier molecular flexibility index (Phi) is 3.41. The average molecular weight is 275 g/mol. The molecule has 1 aliphatic carbocycles. The maximum absolute atomic E-state index is 6.44. The normalized spacial score (nSPS) is 36.3. The minimum absolute atomic E-state index is 0.0475. The van der Waals surface area contributed by atoms with Gasteiger partial charge >= 0.3 is 0 Å². The van der Waals surface area contributed by atoms with Crippen LogP contribution in [0.3, 0.4) is 0 Å². The summed E-state index contributed by atoms with van der Waals surface area (Å²) in [6.07, 6.45) is 4.46. The molecule has 1 aromatic carbocycles. The SMILES string of the molecule is COc1ccc2c(c1)[C@H](N)CC1(CC(C)CC(C)C1)O2. The van der Waals surface area contributed by atoms with E-state index in [0.29, 0.717) is 11.8 Å². The third-order valence-electron chi connectivity index (χ3n) is 4.78. The van der Waals surface area contributed by atoms with E-state index in [0.717, 1.165) is 36.3 Å². The van der Waals surface area contributed by atoms with Crippen LogP contribution in [0.4, 0.5) is 0 Å². The second kappa shape index (κ2) is 4.96. The van der Waals surface area contributed by atoms with E-state index < -0.39 is 0 Å². The first kappa shape index (κ1) is 13.7. The monoisotopic (exact) mass is 275 g/mol. The number of ether oxygens (including phenoxy) is 2. The lowest BCUT2D eigenvalue weighted by molar-refractivity contribution is -0.0312. The minimum atomic E-state index is -0.0575. The Morgan fingerprint density at radius 1 is 1.20 bits per heavy atom. The number of methoxy groups -OCH3 is 1. The molecule has 2 aliphatic rings. The lowest BCUT2D eigenvalue weighted by Gasteiger charge is -2.47. The zero-order valence-electron chi connectivity index (χ0n) is 12.7. The van der Waals surface area contributed by atoms with Crippen molar-refractivity contribution in [2.24, 2.45) is 17.6 Å². The van der Waals surface area contributed by atoms with Gasteiger partial charge in [0.1, 0.15) is 17.1 Å². The van der Waals surface area contributed by atoms with Gasteiger partial charge in [-0.05, 0) is 49.3 Å². The first-order valence-corrected chi connectivity index (χ1v) is 7.64. The standard InChI is InChI=1S/C17H25NO2/c1-11-6-12(2)9-17(8-11)10-15(18)14-7-13(19-3)4-5-16(14)20-17/h4-5,7,11-12,15H,6,8-10,18H2,1-3H3/t11?,12?,15-,17?/m1/s1. The number of rotatable bonds is 1. The summed E-state index contributed by atoms with van der Waals surface area (Å²) in [6, 6.07) is 6.04. The Morgan fingerprint density at radius 3 is 2.55 bits per heavy atom. The number of hydrogen-bond donors (Lipinski definition) is 1. The van der Waals surface area contributed by atoms with Gasteiger partial charge in [0.15, 0.2) is 0 Å². The summed E-state index contributed by atoms with van der Waals surface area (Å²) in [5.41, 5.74) is 7.46. The van der Waals surface area contributed by atoms with Crippen LogP contribution in [0.5, 0.6) is 11.5 Å². The molecule has 3 heteroatoms. The lowest BCUT2D eigenvalue weighted by Crippen LogP contribution is -2.48. The molecule has 1 heterocycles. The molecule has 3 nitrogen and oxygen atoms in total. The zero-order valence-corrected chi connectivity index (χ0v) is 12.7. The van der Waals surface area contributed by atoms with Gasteiger partial charge in [0.25, 0.3) is 0 Å². The van der Waals surface area contributed by atoms with E-state index in [1.807, 2.05) is 18.2 Å². The first-order valence-electron chi connectivity index (χ1n) is 7.64. The average Bonchev–Trinajstić information content (AvgIpc) is 2.36. The van der Waals surface area contributed by atoms with Crippen LogP contribution in [0.15, 0.2) is 18.2 Å². The van der Waals surface area contributed by atoms with Crippen molar-refractivity contribution in [3.63, 3.8) is 0 Å². The molecule has 1 aliphatic heterocycles. The van der Waals surface area contributed by atoms with Gasteiger partial charge in [0.05, 0.1) is 7.11 Å². The highest BCUT2D eigenvalue weighted by molar-refractivity contribution is 5.44. The molecule has 2 N–H and O–H groups in total. The second-order valence-electron chi connectivity index (χ2n) is 6.85. The number of hydrogen-bond acceptors (Lipinski definition) is 3. The number of fused-ring (bicyclic) bond motifs is 1. The molecule has 1 aromatic rings. The van der Waals surface area contributed by atoms with E-state index in [2.05, 4.69) is 13.8 Å². The molecular formula is C17H25NO2. The van der Waals surface area contributed by atoms with Gasteiger partial charge in [0.2, 0.25) is 0 Å². The zero-order chi connectivity index (χ0) is 14.3. The summed E-state index contributed by atoms with van der Waals surface area (Å²) in [6.45, 7) is 4.66. The quantitative estimate of drug-likeness (QED) is 0.850. The van der Waals surface area contributed by atoms with Crippen LogP contribution >= 0.6 is 0 Å². The van der Waals surface area contributed by atoms with E-state index in [-0.39, 0.29) is 11.6 Å². The van der Waals surface area contributed by atoms with Gasteiger partial charge in [-0.1, -0.05) is 13.8 Å². The van der Waals surface area contributed by atoms with Gasteiger partial charge < -0.3 is 15.2 Å². The minimum Gasteiger partial charge on any atom is -0.497 e. The topological polar surface area (TPSA) is 44.5 Å². The molecule has 0 aromatic heterocycles. The molecule has 1 spiro atoms. The Labute approximate surface area is 121 Å². The largest absolute Gasteiger partial charge is 0.497 e. The Hall–Kier alpha value is -1.22. The Balaban J connectivity index is 1.92. The van der Waals surface area contributed by atoms with Gasteiger partial charge in [-0.3, -0.25) is 0 Å². The third kappa shape index (κ3) is 2.39. The van der Waals surface area contributed by atoms with Crippen molar-refractivity contribution < 1.29 is 9.47 Å². The summed E-state index contributed by atoms with van der Waals surface area (Å²) in [7, 11) is 1.68. The molecule has 110 valence electrons. The van der Waals surface area contributed by atoms with Crippen LogP contribution in [-0.2, 0) is 0 Å². The molecule has 2 unspecified atom stereocenters. The van der Waals surface area contributed by atoms with Crippen molar-refractivity contribution >= 4 is 0 Å². The van der Waals surface area contributed by atoms with E-state index >= 15 is 0 Å². The van der Waals surface area contributed by atoms with Crippen molar-refractivity contribution in [3.05, 3.63) is 23.8 Å². The van der Waals surface area contributed by atoms with Crippen molar-refractivity contribution in [1.29, 1.82) is 0 Å². The summed E-state index contributed by atoms with van der Waals surface area (Å²) in [5.74, 6) is 3.23. The molecule has 0 bridgehead atoms. The van der Waals surface area contributed by atoms with Crippen LogP contribution in [0, 0.1) is 11.8 Å². The number of nitrogens with two attached hydrogens (primary N) is 1. The van der Waals surface area contributed by atoms with Crippen LogP contribution in [0.1, 0.15) is 51.1 Å². The summed E-state index contributed by atoms with van der Waals surface area (Å²) in [4.78, 5) is 0. The second-order valence-corrected chi connectivity index (χ2v) is 6.85. The third-order valence-corrected chi connectivity index (χ3v) is 4.78. The molecule has 1 saturated carbocycles. The van der Waals surface area contributed by atoms with E-state index in [9.17, 15) is 0 Å². The first-order chi connectivity index (χ1) is 9.51. The molecular weight excluding hydrogens is 250 g/mol. The molecule has 3 rings (SSSR count). The van der Waals surface area contributed by atoms with Gasteiger partial charge in [0, 0.05) is 18.0 Å². The fourth-order valence-corrected chi connectivity index (χ4v) is 4.28. The van der Waals surface area contributed by atoms with Crippen LogP contribution in [-0.4, -0.2) is 12.7 Å². The van der Waals surface area contributed by atoms with Crippen molar-refractivity contribution in [2.75, 3.05) is 7.11 Å². The molecule has 0 amide bonds. The van der Waals surface area contributed by atoms with E-state index in [4.69, 9.17) is 15.2 Å². The highest BCUT2D eigenvalue weighted by Gasteiger charge is 2.44. The van der Waals surface area contributed by atoms with Crippen molar-refractivity contribution in [1.82, 2.24) is 0 Å². The maximum Gasteiger partial charge on any atom is 0.125 e. The highest BCUT2D eigenvalue weighted by Crippen LogP contribution is 2.48. The van der Waals surface area contributed by atoms with Crippen molar-refractivity contribution in [3.8, 4) is 11.5 Å². The van der Waals surface area contributed by atoms with Crippen molar-refractivity contribution in [2.45, 2.75) is 51.2 Å². The van der Waals surface area contributed by atoms with Gasteiger partial charge in [-0.25, -0.2) is 0 Å². The smallest absolute Gasteiger partial charge is 0.125 e. The molecule has 0 radical (unpaired) electrons. The number of benzene rings is 1. The lowest BCUT2D eigenvalue weighted by atomic mass is 9.69. The highest BCUT2D eigenvalue weighted by atomic mass is 16.5. The molecule has 1 fully saturated rings. The summed E-state index contributed by atoms with van der Waals surface area (Å²) < 4.78 is 11.7. The van der Waals surface area contributed by atoms with E-state index in [1.165, 1.54) is 6.42 Å². The maximum atomic E-state index is 6.44. The van der Waals surface area contributed by atoms with Gasteiger partial charge in [-0.2, -0.15) is 0 Å². The predicted molar refractivity (Wildman–Crippen MR) is 80.1 cm³/mol. The summed E-state index contributed by atoms with van der Waals surface area (Å²) in [5, 5.41) is 0. The van der Waals surface area contributed by atoms with Crippen LogP contribution in [0.2, 0.25) is 0 Å². The van der Waals surface area contributed by atoms with Gasteiger partial charge in [-0.15, -0.1) is 0 Å². The fourth-order valence-electron chi connectivity index (χ4n) is 4.28. The van der Waals surface area contributed by atoms with Crippen LogP contribution in [0.25, 0.3) is 0 Å². The summed E-state index contributed by atoms with van der Waals surface area (Å²) >= 11 is 0. The fraction of sp³-hybridized carbons (Fsp3) is 0.647. The Bertz CT molecular complexity index is 490. The molecule has 0 saturated heterocycles. The van der Waals surface area contributed by atoms with E-state index in [1.54, 1.807) is 7.11 Å². The Morgan fingerprint density at radius 2 is 1.90 bits per heavy atom. The predicted octanol–water partition coefficient (Wildman–Crippen LogP) is 3.67. The van der Waals surface area contributed by atoms with Crippen LogP contribution < -0.4 is 15.2 Å².